The Bertz CT molecular complexity index is 841. The third-order valence-electron chi connectivity index (χ3n) is 7.17. The van der Waals surface area contributed by atoms with E-state index < -0.39 is 5.92 Å². The number of thiazole rings is 1. The third-order valence-corrected chi connectivity index (χ3v) is 8.37. The van der Waals surface area contributed by atoms with Crippen molar-refractivity contribution < 1.29 is 8.78 Å². The van der Waals surface area contributed by atoms with Gasteiger partial charge in [0.2, 0.25) is 0 Å². The summed E-state index contributed by atoms with van der Waals surface area (Å²) in [4.78, 5) is 7.17. The topological polar surface area (TPSA) is 28.2 Å². The van der Waals surface area contributed by atoms with Gasteiger partial charge in [0.15, 0.2) is 0 Å². The van der Waals surface area contributed by atoms with Crippen LogP contribution in [0.2, 0.25) is 0 Å². The van der Waals surface area contributed by atoms with E-state index in [-0.39, 0.29) is 24.9 Å². The molecule has 3 aliphatic rings. The van der Waals surface area contributed by atoms with Gasteiger partial charge >= 0.3 is 0 Å². The van der Waals surface area contributed by atoms with E-state index in [0.717, 1.165) is 35.8 Å². The van der Waals surface area contributed by atoms with Gasteiger partial charge in [-0.1, -0.05) is 13.0 Å². The molecule has 3 nitrogen and oxygen atoms in total. The quantitative estimate of drug-likeness (QED) is 0.732. The zero-order valence-corrected chi connectivity index (χ0v) is 17.4. The molecule has 1 N–H and O–H groups in total. The van der Waals surface area contributed by atoms with Gasteiger partial charge in [0, 0.05) is 36.9 Å². The van der Waals surface area contributed by atoms with Crippen LogP contribution in [0.1, 0.15) is 68.0 Å². The molecule has 2 bridgehead atoms. The highest BCUT2D eigenvalue weighted by Gasteiger charge is 2.48. The smallest absolute Gasteiger partial charge is 0.251 e. The molecule has 0 spiro atoms. The normalized spacial score (nSPS) is 35.9. The van der Waals surface area contributed by atoms with E-state index >= 15 is 0 Å². The lowest BCUT2D eigenvalue weighted by Crippen LogP contribution is -2.55. The Balaban J connectivity index is 1.37. The van der Waals surface area contributed by atoms with Crippen molar-refractivity contribution in [1.82, 2.24) is 15.2 Å². The number of halogens is 2. The van der Waals surface area contributed by atoms with Gasteiger partial charge in [0.05, 0.1) is 15.2 Å². The molecule has 0 aliphatic carbocycles. The van der Waals surface area contributed by atoms with Crippen LogP contribution in [-0.2, 0) is 0 Å². The maximum absolute atomic E-state index is 14.0. The minimum absolute atomic E-state index is 0.00266. The number of rotatable bonds is 2. The number of nitrogens with one attached hydrogen (secondary N) is 1. The second-order valence-electron chi connectivity index (χ2n) is 9.33. The molecule has 6 heteroatoms. The summed E-state index contributed by atoms with van der Waals surface area (Å²) in [6, 6.07) is 7.06. The minimum Gasteiger partial charge on any atom is -0.310 e. The first-order chi connectivity index (χ1) is 13.4. The zero-order chi connectivity index (χ0) is 19.5. The molecule has 28 heavy (non-hydrogen) atoms. The lowest BCUT2D eigenvalue weighted by molar-refractivity contribution is -0.113. The Morgan fingerprint density at radius 1 is 1.18 bits per heavy atom. The molecule has 2 aromatic rings. The Labute approximate surface area is 169 Å². The number of fused-ring (bicyclic) bond motifs is 3. The molecule has 5 rings (SSSR count). The second kappa shape index (κ2) is 6.99. The van der Waals surface area contributed by atoms with Crippen molar-refractivity contribution >= 4 is 21.6 Å². The maximum Gasteiger partial charge on any atom is 0.251 e. The van der Waals surface area contributed by atoms with Crippen molar-refractivity contribution in [2.45, 2.75) is 75.4 Å². The van der Waals surface area contributed by atoms with Crippen LogP contribution in [0, 0.1) is 5.92 Å². The summed E-state index contributed by atoms with van der Waals surface area (Å²) in [6.45, 7) is 3.37. The highest BCUT2D eigenvalue weighted by molar-refractivity contribution is 7.18. The van der Waals surface area contributed by atoms with Gasteiger partial charge in [-0.2, -0.15) is 0 Å². The van der Waals surface area contributed by atoms with Crippen LogP contribution >= 0.6 is 11.3 Å². The molecular weight excluding hydrogens is 376 g/mol. The lowest BCUT2D eigenvalue weighted by Gasteiger charge is -2.49. The van der Waals surface area contributed by atoms with E-state index in [9.17, 15) is 8.78 Å². The molecular formula is C22H29F2N3S. The van der Waals surface area contributed by atoms with E-state index in [0.29, 0.717) is 12.0 Å². The first kappa shape index (κ1) is 18.9. The highest BCUT2D eigenvalue weighted by Crippen LogP contribution is 2.47. The van der Waals surface area contributed by atoms with Crippen LogP contribution in [0.4, 0.5) is 8.78 Å². The highest BCUT2D eigenvalue weighted by atomic mass is 32.1. The molecule has 152 valence electrons. The lowest BCUT2D eigenvalue weighted by atomic mass is 9.77. The summed E-state index contributed by atoms with van der Waals surface area (Å²) in [5.74, 6) is -1.43. The van der Waals surface area contributed by atoms with Crippen molar-refractivity contribution in [1.29, 1.82) is 0 Å². The summed E-state index contributed by atoms with van der Waals surface area (Å²) in [5, 5.41) is 4.80. The van der Waals surface area contributed by atoms with Crippen molar-refractivity contribution in [3.05, 3.63) is 28.8 Å². The van der Waals surface area contributed by atoms with Gasteiger partial charge in [-0.15, -0.1) is 11.3 Å². The zero-order valence-electron chi connectivity index (χ0n) is 16.6. The van der Waals surface area contributed by atoms with Crippen LogP contribution in [-0.4, -0.2) is 41.5 Å². The van der Waals surface area contributed by atoms with Crippen molar-refractivity contribution in [2.75, 3.05) is 13.6 Å². The first-order valence-corrected chi connectivity index (χ1v) is 11.4. The summed E-state index contributed by atoms with van der Waals surface area (Å²) in [6.07, 6.45) is 4.04. The molecule has 1 aromatic carbocycles. The van der Waals surface area contributed by atoms with E-state index in [4.69, 9.17) is 4.98 Å². The molecule has 0 saturated carbocycles. The van der Waals surface area contributed by atoms with Crippen molar-refractivity contribution in [3.8, 4) is 0 Å². The maximum atomic E-state index is 14.0. The van der Waals surface area contributed by atoms with E-state index in [1.54, 1.807) is 11.3 Å². The van der Waals surface area contributed by atoms with Crippen LogP contribution in [0.25, 0.3) is 10.2 Å². The number of benzene rings is 1. The molecule has 3 aliphatic heterocycles. The Hall–Kier alpha value is -1.11. The van der Waals surface area contributed by atoms with Gasteiger partial charge in [0.1, 0.15) is 0 Å². The summed E-state index contributed by atoms with van der Waals surface area (Å²) in [5.41, 5.74) is 2.41. The van der Waals surface area contributed by atoms with Gasteiger partial charge in [-0.3, -0.25) is 4.90 Å². The van der Waals surface area contributed by atoms with Crippen LogP contribution in [0.3, 0.4) is 0 Å². The van der Waals surface area contributed by atoms with Crippen LogP contribution in [0.15, 0.2) is 18.2 Å². The fourth-order valence-electron chi connectivity index (χ4n) is 5.45. The summed E-state index contributed by atoms with van der Waals surface area (Å²) >= 11 is 1.76. The number of aromatic nitrogens is 1. The largest absolute Gasteiger partial charge is 0.310 e. The van der Waals surface area contributed by atoms with E-state index in [2.05, 4.69) is 35.3 Å². The van der Waals surface area contributed by atoms with Crippen molar-refractivity contribution in [3.63, 3.8) is 0 Å². The average molecular weight is 406 g/mol. The Morgan fingerprint density at radius 2 is 1.93 bits per heavy atom. The molecule has 0 amide bonds. The Kier molecular flexibility index (Phi) is 4.72. The minimum atomic E-state index is -2.50. The molecule has 3 saturated heterocycles. The van der Waals surface area contributed by atoms with Gasteiger partial charge in [0.25, 0.3) is 5.92 Å². The van der Waals surface area contributed by atoms with Crippen LogP contribution in [0.5, 0.6) is 0 Å². The number of hydrogen-bond acceptors (Lipinski definition) is 4. The summed E-state index contributed by atoms with van der Waals surface area (Å²) < 4.78 is 29.2. The monoisotopic (exact) mass is 405 g/mol. The molecule has 0 radical (unpaired) electrons. The van der Waals surface area contributed by atoms with E-state index in [1.807, 2.05) is 7.05 Å². The van der Waals surface area contributed by atoms with Gasteiger partial charge in [-0.25, -0.2) is 13.8 Å². The number of nitrogens with zero attached hydrogens (tertiary/aromatic N) is 2. The van der Waals surface area contributed by atoms with E-state index in [1.165, 1.54) is 23.1 Å². The third kappa shape index (κ3) is 3.48. The number of piperidine rings is 3. The average Bonchev–Trinajstić information content (AvgIpc) is 3.06. The summed E-state index contributed by atoms with van der Waals surface area (Å²) in [7, 11) is 2.02. The molecule has 4 atom stereocenters. The number of alkyl halides is 2. The SMILES string of the molecule is C[C@H]1CC[C@H](c2ccc3sc(C4CC5CC(F)(F)CC(C4)N5C)nc3c2)NC1. The standard InChI is InChI=1S/C22H29F2N3S/c1-13-3-5-18(25-12-13)14-4-6-20-19(9-14)26-21(28-20)15-7-16-10-22(23,24)11-17(8-15)27(16)2/h4,6,9,13,15-18,25H,3,5,7-8,10-12H2,1-2H3/t13-,15?,16?,17?,18+/m0/s1. The predicted octanol–water partition coefficient (Wildman–Crippen LogP) is 5.33. The molecule has 4 heterocycles. The first-order valence-electron chi connectivity index (χ1n) is 10.6. The predicted molar refractivity (Wildman–Crippen MR) is 110 cm³/mol. The second-order valence-corrected chi connectivity index (χ2v) is 10.4. The molecule has 3 fully saturated rings. The van der Waals surface area contributed by atoms with Crippen LogP contribution < -0.4 is 5.32 Å². The molecule has 1 aromatic heterocycles. The fourth-order valence-corrected chi connectivity index (χ4v) is 6.52. The van der Waals surface area contributed by atoms with Gasteiger partial charge in [-0.05, 0) is 62.9 Å². The molecule has 2 unspecified atom stereocenters. The Morgan fingerprint density at radius 3 is 2.61 bits per heavy atom. The van der Waals surface area contributed by atoms with Gasteiger partial charge < -0.3 is 5.32 Å². The fraction of sp³-hybridized carbons (Fsp3) is 0.682. The van der Waals surface area contributed by atoms with Crippen molar-refractivity contribution in [2.24, 2.45) is 5.92 Å². The number of hydrogen-bond donors (Lipinski definition) is 1.